The van der Waals surface area contributed by atoms with E-state index < -0.39 is 0 Å². The Bertz CT molecular complexity index is 485. The Balaban J connectivity index is 2.17. The first-order valence-electron chi connectivity index (χ1n) is 5.84. The van der Waals surface area contributed by atoms with E-state index in [4.69, 9.17) is 0 Å². The number of nitrogens with zero attached hydrogens (tertiary/aromatic N) is 2. The Morgan fingerprint density at radius 3 is 2.35 bits per heavy atom. The van der Waals surface area contributed by atoms with Gasteiger partial charge >= 0.3 is 0 Å². The second kappa shape index (κ2) is 4.58. The molecule has 17 heavy (non-hydrogen) atoms. The van der Waals surface area contributed by atoms with Crippen LogP contribution < -0.4 is 0 Å². The molecule has 1 aromatic carbocycles. The van der Waals surface area contributed by atoms with Gasteiger partial charge in [-0.25, -0.2) is 4.68 Å². The summed E-state index contributed by atoms with van der Waals surface area (Å²) in [7, 11) is 0. The molecule has 0 aliphatic heterocycles. The maximum Gasteiger partial charge on any atom is 0.0645 e. The van der Waals surface area contributed by atoms with Gasteiger partial charge < -0.3 is 0 Å². The highest BCUT2D eigenvalue weighted by Gasteiger charge is 2.03. The smallest absolute Gasteiger partial charge is 0.0645 e. The van der Waals surface area contributed by atoms with E-state index in [2.05, 4.69) is 62.3 Å². The number of hydrogen-bond acceptors (Lipinski definition) is 1. The third-order valence-electron chi connectivity index (χ3n) is 2.44. The van der Waals surface area contributed by atoms with Gasteiger partial charge in [-0.2, -0.15) is 5.10 Å². The highest BCUT2D eigenvalue weighted by atomic mass is 15.3. The van der Waals surface area contributed by atoms with Crippen LogP contribution in [0.15, 0.2) is 48.8 Å². The fourth-order valence-corrected chi connectivity index (χ4v) is 1.51. The monoisotopic (exact) mass is 226 g/mol. The molecule has 0 N–H and O–H groups in total. The molecule has 1 aromatic heterocycles. The molecule has 0 unspecified atom stereocenters. The van der Waals surface area contributed by atoms with Crippen molar-refractivity contribution in [3.05, 3.63) is 54.4 Å². The average molecular weight is 226 g/mol. The number of allylic oxidation sites excluding steroid dienone is 1. The summed E-state index contributed by atoms with van der Waals surface area (Å²) in [5, 5.41) is 4.20. The number of aromatic nitrogens is 2. The van der Waals surface area contributed by atoms with Crippen LogP contribution >= 0.6 is 0 Å². The highest BCUT2D eigenvalue weighted by Crippen LogP contribution is 2.17. The minimum atomic E-state index is 0.223. The third kappa shape index (κ3) is 3.31. The van der Waals surface area contributed by atoms with Crippen molar-refractivity contribution in [3.8, 4) is 5.69 Å². The van der Waals surface area contributed by atoms with Crippen molar-refractivity contribution < 1.29 is 0 Å². The molecule has 0 fully saturated rings. The van der Waals surface area contributed by atoms with E-state index in [0.29, 0.717) is 0 Å². The van der Waals surface area contributed by atoms with Crippen molar-refractivity contribution >= 4 is 6.08 Å². The molecule has 0 aliphatic rings. The summed E-state index contributed by atoms with van der Waals surface area (Å²) < 4.78 is 1.86. The topological polar surface area (TPSA) is 17.8 Å². The van der Waals surface area contributed by atoms with Crippen LogP contribution in [0.5, 0.6) is 0 Å². The zero-order valence-corrected chi connectivity index (χ0v) is 10.6. The maximum absolute atomic E-state index is 4.20. The van der Waals surface area contributed by atoms with Gasteiger partial charge in [0.1, 0.15) is 0 Å². The summed E-state index contributed by atoms with van der Waals surface area (Å²) in [6.45, 7) is 6.59. The first-order chi connectivity index (χ1) is 8.04. The zero-order valence-electron chi connectivity index (χ0n) is 10.6. The van der Waals surface area contributed by atoms with Gasteiger partial charge in [0.2, 0.25) is 0 Å². The fourth-order valence-electron chi connectivity index (χ4n) is 1.51. The van der Waals surface area contributed by atoms with Crippen LogP contribution in [0.1, 0.15) is 26.3 Å². The second-order valence-corrected chi connectivity index (χ2v) is 5.24. The minimum absolute atomic E-state index is 0.223. The van der Waals surface area contributed by atoms with Crippen molar-refractivity contribution in [1.29, 1.82) is 0 Å². The third-order valence-corrected chi connectivity index (χ3v) is 2.44. The van der Waals surface area contributed by atoms with Gasteiger partial charge in [-0.05, 0) is 29.2 Å². The minimum Gasteiger partial charge on any atom is -0.241 e. The number of hydrogen-bond donors (Lipinski definition) is 0. The second-order valence-electron chi connectivity index (χ2n) is 5.24. The van der Waals surface area contributed by atoms with Crippen LogP contribution in [0, 0.1) is 5.41 Å². The van der Waals surface area contributed by atoms with Crippen molar-refractivity contribution in [2.24, 2.45) is 5.41 Å². The van der Waals surface area contributed by atoms with Gasteiger partial charge in [-0.3, -0.25) is 0 Å². The number of benzene rings is 1. The lowest BCUT2D eigenvalue weighted by Crippen LogP contribution is -1.98. The molecule has 0 spiro atoms. The molecule has 0 radical (unpaired) electrons. The van der Waals surface area contributed by atoms with Crippen LogP contribution in [-0.2, 0) is 0 Å². The highest BCUT2D eigenvalue weighted by molar-refractivity contribution is 5.52. The Kier molecular flexibility index (Phi) is 3.14. The Morgan fingerprint density at radius 1 is 1.12 bits per heavy atom. The number of rotatable bonds is 2. The van der Waals surface area contributed by atoms with E-state index in [0.717, 1.165) is 5.69 Å². The lowest BCUT2D eigenvalue weighted by molar-refractivity contribution is 0.547. The molecule has 2 aromatic rings. The maximum atomic E-state index is 4.20. The molecule has 1 heterocycles. The molecule has 0 saturated heterocycles. The molecule has 0 bridgehead atoms. The van der Waals surface area contributed by atoms with Crippen LogP contribution in [0.2, 0.25) is 0 Å². The predicted octanol–water partition coefficient (Wildman–Crippen LogP) is 3.93. The van der Waals surface area contributed by atoms with Crippen LogP contribution in [0.25, 0.3) is 11.8 Å². The standard InChI is InChI=1S/C15H18N2/c1-15(2,3)10-9-13-5-7-14(8-6-13)17-12-4-11-16-17/h4-12H,1-3H3/b10-9+. The quantitative estimate of drug-likeness (QED) is 0.758. The summed E-state index contributed by atoms with van der Waals surface area (Å²) in [6.07, 6.45) is 8.11. The van der Waals surface area contributed by atoms with Crippen molar-refractivity contribution in [2.75, 3.05) is 0 Å². The molecule has 2 nitrogen and oxygen atoms in total. The summed E-state index contributed by atoms with van der Waals surface area (Å²) in [6, 6.07) is 10.3. The van der Waals surface area contributed by atoms with Gasteiger partial charge in [-0.15, -0.1) is 0 Å². The predicted molar refractivity (Wildman–Crippen MR) is 72.1 cm³/mol. The average Bonchev–Trinajstić information content (AvgIpc) is 2.79. The molecule has 0 amide bonds. The largest absolute Gasteiger partial charge is 0.241 e. The van der Waals surface area contributed by atoms with Gasteiger partial charge in [-0.1, -0.05) is 45.1 Å². The van der Waals surface area contributed by atoms with Crippen LogP contribution in [0.4, 0.5) is 0 Å². The van der Waals surface area contributed by atoms with Crippen molar-refractivity contribution in [2.45, 2.75) is 20.8 Å². The van der Waals surface area contributed by atoms with E-state index in [1.54, 1.807) is 6.20 Å². The molecular formula is C15H18N2. The lowest BCUT2D eigenvalue weighted by Gasteiger charge is -2.11. The molecular weight excluding hydrogens is 208 g/mol. The fraction of sp³-hybridized carbons (Fsp3) is 0.267. The first-order valence-corrected chi connectivity index (χ1v) is 5.84. The van der Waals surface area contributed by atoms with Crippen LogP contribution in [-0.4, -0.2) is 9.78 Å². The SMILES string of the molecule is CC(C)(C)/C=C/c1ccc(-n2cccn2)cc1. The Labute approximate surface area is 103 Å². The molecule has 0 saturated carbocycles. The van der Waals surface area contributed by atoms with Crippen molar-refractivity contribution in [3.63, 3.8) is 0 Å². The summed E-state index contributed by atoms with van der Waals surface area (Å²) in [5.41, 5.74) is 2.53. The van der Waals surface area contributed by atoms with Gasteiger partial charge in [0.15, 0.2) is 0 Å². The van der Waals surface area contributed by atoms with Gasteiger partial charge in [0.25, 0.3) is 0 Å². The summed E-state index contributed by atoms with van der Waals surface area (Å²) >= 11 is 0. The Hall–Kier alpha value is -1.83. The molecule has 0 atom stereocenters. The molecule has 2 rings (SSSR count). The molecule has 88 valence electrons. The van der Waals surface area contributed by atoms with E-state index in [1.165, 1.54) is 5.56 Å². The first kappa shape index (κ1) is 11.6. The van der Waals surface area contributed by atoms with Gasteiger partial charge in [0, 0.05) is 12.4 Å². The van der Waals surface area contributed by atoms with E-state index in [-0.39, 0.29) is 5.41 Å². The zero-order chi connectivity index (χ0) is 12.3. The van der Waals surface area contributed by atoms with Gasteiger partial charge in [0.05, 0.1) is 5.69 Å². The normalized spacial score (nSPS) is 12.2. The molecule has 2 heteroatoms. The van der Waals surface area contributed by atoms with E-state index >= 15 is 0 Å². The molecule has 0 aliphatic carbocycles. The van der Waals surface area contributed by atoms with E-state index in [1.807, 2.05) is 16.9 Å². The lowest BCUT2D eigenvalue weighted by atomic mass is 9.95. The summed E-state index contributed by atoms with van der Waals surface area (Å²) in [5.74, 6) is 0. The van der Waals surface area contributed by atoms with E-state index in [9.17, 15) is 0 Å². The van der Waals surface area contributed by atoms with Crippen molar-refractivity contribution in [1.82, 2.24) is 9.78 Å². The van der Waals surface area contributed by atoms with Crippen LogP contribution in [0.3, 0.4) is 0 Å². The Morgan fingerprint density at radius 2 is 1.82 bits per heavy atom. The summed E-state index contributed by atoms with van der Waals surface area (Å²) in [4.78, 5) is 0.